The number of rotatable bonds is 5. The summed E-state index contributed by atoms with van der Waals surface area (Å²) in [4.78, 5) is 0. The van der Waals surface area contributed by atoms with E-state index in [0.717, 1.165) is 33.0 Å². The molecule has 0 fully saturated rings. The zero-order valence-electron chi connectivity index (χ0n) is 12.1. The van der Waals surface area contributed by atoms with Crippen LogP contribution in [0.1, 0.15) is 36.1 Å². The predicted octanol–water partition coefficient (Wildman–Crippen LogP) is 5.75. The van der Waals surface area contributed by atoms with Crippen molar-refractivity contribution in [3.8, 4) is 0 Å². The van der Waals surface area contributed by atoms with Gasteiger partial charge in [-0.05, 0) is 49.7 Å². The lowest BCUT2D eigenvalue weighted by Gasteiger charge is -2.21. The standard InChI is InChI=1S/C17H18Br2FN/c1-3-6-21-17(12-8-13(18)10-14(19)9-12)15-7-11(2)4-5-16(15)20/h4-5,7-10,17,21H,3,6H2,1-2H3. The lowest BCUT2D eigenvalue weighted by Crippen LogP contribution is -2.24. The zero-order chi connectivity index (χ0) is 15.4. The Hall–Kier alpha value is -0.710. The van der Waals surface area contributed by atoms with Crippen LogP contribution < -0.4 is 5.32 Å². The monoisotopic (exact) mass is 413 g/mol. The van der Waals surface area contributed by atoms with Gasteiger partial charge in [-0.1, -0.05) is 56.5 Å². The van der Waals surface area contributed by atoms with Gasteiger partial charge in [0.15, 0.2) is 0 Å². The molecule has 0 spiro atoms. The van der Waals surface area contributed by atoms with Crippen LogP contribution in [0.3, 0.4) is 0 Å². The van der Waals surface area contributed by atoms with Crippen LogP contribution in [0.5, 0.6) is 0 Å². The van der Waals surface area contributed by atoms with Crippen LogP contribution in [0, 0.1) is 12.7 Å². The van der Waals surface area contributed by atoms with Crippen molar-refractivity contribution in [2.24, 2.45) is 0 Å². The molecule has 0 aliphatic rings. The summed E-state index contributed by atoms with van der Waals surface area (Å²) in [6, 6.07) is 11.1. The molecule has 0 radical (unpaired) electrons. The van der Waals surface area contributed by atoms with Crippen LogP contribution in [0.4, 0.5) is 4.39 Å². The molecule has 0 aromatic heterocycles. The van der Waals surface area contributed by atoms with E-state index >= 15 is 0 Å². The van der Waals surface area contributed by atoms with Gasteiger partial charge >= 0.3 is 0 Å². The van der Waals surface area contributed by atoms with Gasteiger partial charge in [0.1, 0.15) is 5.82 Å². The lowest BCUT2D eigenvalue weighted by atomic mass is 9.96. The fourth-order valence-electron chi connectivity index (χ4n) is 2.32. The van der Waals surface area contributed by atoms with Crippen LogP contribution in [-0.2, 0) is 0 Å². The summed E-state index contributed by atoms with van der Waals surface area (Å²) in [5.41, 5.74) is 2.78. The van der Waals surface area contributed by atoms with Crippen molar-refractivity contribution < 1.29 is 4.39 Å². The van der Waals surface area contributed by atoms with Crippen molar-refractivity contribution in [3.63, 3.8) is 0 Å². The van der Waals surface area contributed by atoms with E-state index in [0.29, 0.717) is 5.56 Å². The maximum atomic E-state index is 14.3. The molecule has 0 aliphatic carbocycles. The Balaban J connectivity index is 2.49. The second kappa shape index (κ2) is 7.52. The summed E-state index contributed by atoms with van der Waals surface area (Å²) in [5.74, 6) is -0.176. The lowest BCUT2D eigenvalue weighted by molar-refractivity contribution is 0.546. The predicted molar refractivity (Wildman–Crippen MR) is 93.1 cm³/mol. The van der Waals surface area contributed by atoms with E-state index in [-0.39, 0.29) is 11.9 Å². The normalized spacial score (nSPS) is 12.4. The fourth-order valence-corrected chi connectivity index (χ4v) is 3.65. The highest BCUT2D eigenvalue weighted by Gasteiger charge is 2.18. The Morgan fingerprint density at radius 1 is 1.10 bits per heavy atom. The van der Waals surface area contributed by atoms with E-state index in [2.05, 4.69) is 44.1 Å². The highest BCUT2D eigenvalue weighted by molar-refractivity contribution is 9.11. The van der Waals surface area contributed by atoms with Crippen molar-refractivity contribution in [1.29, 1.82) is 0 Å². The largest absolute Gasteiger partial charge is 0.306 e. The van der Waals surface area contributed by atoms with Gasteiger partial charge in [-0.15, -0.1) is 0 Å². The van der Waals surface area contributed by atoms with Crippen LogP contribution in [0.15, 0.2) is 45.3 Å². The topological polar surface area (TPSA) is 12.0 Å². The Labute approximate surface area is 142 Å². The molecule has 1 nitrogen and oxygen atoms in total. The van der Waals surface area contributed by atoms with Crippen molar-refractivity contribution >= 4 is 31.9 Å². The fraction of sp³-hybridized carbons (Fsp3) is 0.294. The molecule has 0 bridgehead atoms. The first-order valence-electron chi connectivity index (χ1n) is 6.96. The van der Waals surface area contributed by atoms with E-state index in [9.17, 15) is 4.39 Å². The van der Waals surface area contributed by atoms with Crippen LogP contribution >= 0.6 is 31.9 Å². The molecule has 0 saturated heterocycles. The van der Waals surface area contributed by atoms with E-state index < -0.39 is 0 Å². The molecule has 0 saturated carbocycles. The van der Waals surface area contributed by atoms with Gasteiger partial charge in [0.05, 0.1) is 6.04 Å². The van der Waals surface area contributed by atoms with Gasteiger partial charge < -0.3 is 5.32 Å². The minimum atomic E-state index is -0.176. The SMILES string of the molecule is CCCNC(c1cc(Br)cc(Br)c1)c1cc(C)ccc1F. The van der Waals surface area contributed by atoms with Crippen LogP contribution in [-0.4, -0.2) is 6.54 Å². The molecule has 112 valence electrons. The summed E-state index contributed by atoms with van der Waals surface area (Å²) in [6.45, 7) is 4.92. The highest BCUT2D eigenvalue weighted by Crippen LogP contribution is 2.30. The summed E-state index contributed by atoms with van der Waals surface area (Å²) < 4.78 is 16.2. The summed E-state index contributed by atoms with van der Waals surface area (Å²) >= 11 is 7.01. The summed E-state index contributed by atoms with van der Waals surface area (Å²) in [5, 5.41) is 3.44. The van der Waals surface area contributed by atoms with Gasteiger partial charge in [-0.3, -0.25) is 0 Å². The van der Waals surface area contributed by atoms with Crippen molar-refractivity contribution in [3.05, 3.63) is 67.9 Å². The van der Waals surface area contributed by atoms with Crippen LogP contribution in [0.2, 0.25) is 0 Å². The van der Waals surface area contributed by atoms with Gasteiger partial charge in [-0.2, -0.15) is 0 Å². The molecular weight excluding hydrogens is 397 g/mol. The molecule has 2 aromatic rings. The molecule has 0 aliphatic heterocycles. The molecule has 1 unspecified atom stereocenters. The molecule has 0 amide bonds. The summed E-state index contributed by atoms with van der Waals surface area (Å²) in [7, 11) is 0. The molecule has 1 atom stereocenters. The quantitative estimate of drug-likeness (QED) is 0.656. The average Bonchev–Trinajstić information content (AvgIpc) is 2.42. The van der Waals surface area contributed by atoms with E-state index in [1.807, 2.05) is 31.2 Å². The molecule has 2 rings (SSSR count). The Bertz CT molecular complexity index is 608. The van der Waals surface area contributed by atoms with E-state index in [4.69, 9.17) is 0 Å². The molecule has 2 aromatic carbocycles. The van der Waals surface area contributed by atoms with Crippen molar-refractivity contribution in [2.45, 2.75) is 26.3 Å². The minimum absolute atomic E-state index is 0.154. The van der Waals surface area contributed by atoms with Gasteiger partial charge in [-0.25, -0.2) is 4.39 Å². The highest BCUT2D eigenvalue weighted by atomic mass is 79.9. The Morgan fingerprint density at radius 3 is 2.38 bits per heavy atom. The van der Waals surface area contributed by atoms with E-state index in [1.54, 1.807) is 12.1 Å². The molecule has 4 heteroatoms. The number of halogens is 3. The van der Waals surface area contributed by atoms with Gasteiger partial charge in [0.25, 0.3) is 0 Å². The number of hydrogen-bond acceptors (Lipinski definition) is 1. The van der Waals surface area contributed by atoms with Gasteiger partial charge in [0.2, 0.25) is 0 Å². The maximum absolute atomic E-state index is 14.3. The van der Waals surface area contributed by atoms with Crippen molar-refractivity contribution in [1.82, 2.24) is 5.32 Å². The molecule has 0 heterocycles. The first-order chi connectivity index (χ1) is 10.0. The first kappa shape index (κ1) is 16.7. The molecule has 21 heavy (non-hydrogen) atoms. The number of aryl methyl sites for hydroxylation is 1. The second-order valence-electron chi connectivity index (χ2n) is 5.11. The molecular formula is C17H18Br2FN. The average molecular weight is 415 g/mol. The van der Waals surface area contributed by atoms with E-state index in [1.165, 1.54) is 0 Å². The van der Waals surface area contributed by atoms with Crippen LogP contribution in [0.25, 0.3) is 0 Å². The number of benzene rings is 2. The Morgan fingerprint density at radius 2 is 1.76 bits per heavy atom. The zero-order valence-corrected chi connectivity index (χ0v) is 15.3. The maximum Gasteiger partial charge on any atom is 0.128 e. The van der Waals surface area contributed by atoms with Crippen molar-refractivity contribution in [2.75, 3.05) is 6.54 Å². The third-order valence-corrected chi connectivity index (χ3v) is 4.19. The number of hydrogen-bond donors (Lipinski definition) is 1. The second-order valence-corrected chi connectivity index (χ2v) is 6.95. The first-order valence-corrected chi connectivity index (χ1v) is 8.55. The third kappa shape index (κ3) is 4.38. The molecule has 1 N–H and O–H groups in total. The minimum Gasteiger partial charge on any atom is -0.306 e. The Kier molecular flexibility index (Phi) is 5.97. The smallest absolute Gasteiger partial charge is 0.128 e. The number of nitrogens with one attached hydrogen (secondary N) is 1. The summed E-state index contributed by atoms with van der Waals surface area (Å²) in [6.07, 6.45) is 0.999. The van der Waals surface area contributed by atoms with Gasteiger partial charge in [0, 0.05) is 14.5 Å². The third-order valence-electron chi connectivity index (χ3n) is 3.28.